The van der Waals surface area contributed by atoms with E-state index in [-0.39, 0.29) is 0 Å². The second-order valence-corrected chi connectivity index (χ2v) is 3.89. The summed E-state index contributed by atoms with van der Waals surface area (Å²) < 4.78 is 18.5. The Hall–Kier alpha value is -1.54. The van der Waals surface area contributed by atoms with Gasteiger partial charge in [-0.05, 0) is 25.7 Å². The number of carbonyl (C=O) groups excluding carboxylic acids is 2. The zero-order valence-electron chi connectivity index (χ0n) is 14.0. The SMILES string of the molecule is CCCOC(=O)OCCC.CCCOC(=O)OCCC.OO. The molecule has 0 bridgehead atoms. The van der Waals surface area contributed by atoms with Crippen molar-refractivity contribution in [3.8, 4) is 0 Å². The van der Waals surface area contributed by atoms with Gasteiger partial charge in [0.2, 0.25) is 0 Å². The highest BCUT2D eigenvalue weighted by molar-refractivity contribution is 5.59. The number of hydrogen-bond donors (Lipinski definition) is 2. The Morgan fingerprint density at radius 1 is 0.591 bits per heavy atom. The molecule has 0 saturated carbocycles. The van der Waals surface area contributed by atoms with Crippen molar-refractivity contribution in [3.63, 3.8) is 0 Å². The van der Waals surface area contributed by atoms with Crippen LogP contribution in [0.3, 0.4) is 0 Å². The van der Waals surface area contributed by atoms with E-state index >= 15 is 0 Å². The van der Waals surface area contributed by atoms with Crippen molar-refractivity contribution in [3.05, 3.63) is 0 Å². The number of ether oxygens (including phenoxy) is 4. The topological polar surface area (TPSA) is 112 Å². The number of hydrogen-bond acceptors (Lipinski definition) is 8. The van der Waals surface area contributed by atoms with Gasteiger partial charge >= 0.3 is 12.3 Å². The molecule has 22 heavy (non-hydrogen) atoms. The Bertz CT molecular complexity index is 189. The molecule has 0 aliphatic heterocycles. The molecule has 0 saturated heterocycles. The third-order valence-corrected chi connectivity index (χ3v) is 1.70. The summed E-state index contributed by atoms with van der Waals surface area (Å²) in [7, 11) is 0. The van der Waals surface area contributed by atoms with Crippen molar-refractivity contribution in [1.82, 2.24) is 0 Å². The summed E-state index contributed by atoms with van der Waals surface area (Å²) in [5.74, 6) is 0. The molecule has 0 amide bonds. The van der Waals surface area contributed by atoms with Gasteiger partial charge in [-0.1, -0.05) is 27.7 Å². The normalized spacial score (nSPS) is 8.45. The molecular formula is C14H30O8. The first-order chi connectivity index (χ1) is 10.6. The van der Waals surface area contributed by atoms with Crippen LogP contribution in [0.1, 0.15) is 53.4 Å². The van der Waals surface area contributed by atoms with Gasteiger partial charge in [0.1, 0.15) is 0 Å². The molecule has 0 atom stereocenters. The fourth-order valence-corrected chi connectivity index (χ4v) is 0.825. The zero-order chi connectivity index (χ0) is 17.6. The van der Waals surface area contributed by atoms with Gasteiger partial charge in [-0.15, -0.1) is 0 Å². The van der Waals surface area contributed by atoms with Crippen LogP contribution >= 0.6 is 0 Å². The summed E-state index contributed by atoms with van der Waals surface area (Å²) in [5.41, 5.74) is 0. The van der Waals surface area contributed by atoms with Gasteiger partial charge in [-0.3, -0.25) is 10.5 Å². The lowest BCUT2D eigenvalue weighted by atomic mass is 10.5. The molecule has 2 N–H and O–H groups in total. The first kappa shape index (κ1) is 25.4. The van der Waals surface area contributed by atoms with Gasteiger partial charge in [-0.2, -0.15) is 0 Å². The molecule has 0 rings (SSSR count). The third kappa shape index (κ3) is 26.9. The van der Waals surface area contributed by atoms with Crippen LogP contribution in [0, 0.1) is 0 Å². The summed E-state index contributed by atoms with van der Waals surface area (Å²) in [4.78, 5) is 21.0. The second kappa shape index (κ2) is 24.5. The van der Waals surface area contributed by atoms with E-state index in [4.69, 9.17) is 10.5 Å². The maximum atomic E-state index is 10.5. The van der Waals surface area contributed by atoms with E-state index in [1.54, 1.807) is 0 Å². The first-order valence-electron chi connectivity index (χ1n) is 7.41. The van der Waals surface area contributed by atoms with E-state index in [2.05, 4.69) is 18.9 Å². The highest BCUT2D eigenvalue weighted by Gasteiger charge is 2.00. The quantitative estimate of drug-likeness (QED) is 0.392. The minimum absolute atomic E-state index is 0.447. The maximum Gasteiger partial charge on any atom is 0.508 e. The lowest BCUT2D eigenvalue weighted by Crippen LogP contribution is -2.08. The Morgan fingerprint density at radius 3 is 0.909 bits per heavy atom. The largest absolute Gasteiger partial charge is 0.508 e. The van der Waals surface area contributed by atoms with E-state index in [0.717, 1.165) is 25.7 Å². The zero-order valence-corrected chi connectivity index (χ0v) is 14.0. The second-order valence-electron chi connectivity index (χ2n) is 3.89. The van der Waals surface area contributed by atoms with Crippen LogP contribution in [0.15, 0.2) is 0 Å². The molecule has 0 fully saturated rings. The van der Waals surface area contributed by atoms with Crippen molar-refractivity contribution in [2.24, 2.45) is 0 Å². The molecular weight excluding hydrogens is 296 g/mol. The lowest BCUT2D eigenvalue weighted by Gasteiger charge is -2.02. The number of carbonyl (C=O) groups is 2. The van der Waals surface area contributed by atoms with E-state index in [0.29, 0.717) is 26.4 Å². The Kier molecular flexibility index (Phi) is 28.3. The smallest absolute Gasteiger partial charge is 0.434 e. The molecule has 0 spiro atoms. The van der Waals surface area contributed by atoms with Crippen molar-refractivity contribution in [1.29, 1.82) is 0 Å². The molecule has 0 radical (unpaired) electrons. The van der Waals surface area contributed by atoms with Gasteiger partial charge in [0, 0.05) is 0 Å². The Labute approximate surface area is 132 Å². The molecule has 8 nitrogen and oxygen atoms in total. The average Bonchev–Trinajstić information content (AvgIpc) is 2.56. The predicted octanol–water partition coefficient (Wildman–Crippen LogP) is 3.94. The van der Waals surface area contributed by atoms with E-state index < -0.39 is 12.3 Å². The minimum atomic E-state index is -0.552. The maximum absolute atomic E-state index is 10.5. The van der Waals surface area contributed by atoms with Crippen LogP contribution in [-0.2, 0) is 18.9 Å². The van der Waals surface area contributed by atoms with Crippen LogP contribution in [-0.4, -0.2) is 49.3 Å². The third-order valence-electron chi connectivity index (χ3n) is 1.70. The van der Waals surface area contributed by atoms with Crippen LogP contribution in [0.5, 0.6) is 0 Å². The van der Waals surface area contributed by atoms with Crippen LogP contribution < -0.4 is 0 Å². The highest BCUT2D eigenvalue weighted by Crippen LogP contribution is 1.89. The molecule has 8 heteroatoms. The van der Waals surface area contributed by atoms with Gasteiger partial charge in [-0.25, -0.2) is 9.59 Å². The molecule has 0 aliphatic carbocycles. The Balaban J connectivity index is -0.000000294. The fraction of sp³-hybridized carbons (Fsp3) is 0.857. The fourth-order valence-electron chi connectivity index (χ4n) is 0.825. The van der Waals surface area contributed by atoms with E-state index in [9.17, 15) is 9.59 Å². The summed E-state index contributed by atoms with van der Waals surface area (Å²) in [5, 5.41) is 12.0. The molecule has 0 heterocycles. The van der Waals surface area contributed by atoms with Gasteiger partial charge in [0.05, 0.1) is 26.4 Å². The van der Waals surface area contributed by atoms with Crippen molar-refractivity contribution >= 4 is 12.3 Å². The lowest BCUT2D eigenvalue weighted by molar-refractivity contribution is -0.176. The van der Waals surface area contributed by atoms with Crippen molar-refractivity contribution < 1.29 is 39.1 Å². The van der Waals surface area contributed by atoms with E-state index in [1.807, 2.05) is 27.7 Å². The predicted molar refractivity (Wildman–Crippen MR) is 81.0 cm³/mol. The molecule has 0 aromatic rings. The average molecular weight is 326 g/mol. The molecule has 0 aromatic heterocycles. The summed E-state index contributed by atoms with van der Waals surface area (Å²) in [6.07, 6.45) is 2.23. The van der Waals surface area contributed by atoms with Crippen LogP contribution in [0.2, 0.25) is 0 Å². The van der Waals surface area contributed by atoms with Gasteiger partial charge in [0.15, 0.2) is 0 Å². The monoisotopic (exact) mass is 326 g/mol. The first-order valence-corrected chi connectivity index (χ1v) is 7.41. The summed E-state index contributed by atoms with van der Waals surface area (Å²) in [6.45, 7) is 9.54. The van der Waals surface area contributed by atoms with E-state index in [1.165, 1.54) is 0 Å². The minimum Gasteiger partial charge on any atom is -0.434 e. The molecule has 0 unspecified atom stereocenters. The number of rotatable bonds is 8. The van der Waals surface area contributed by atoms with Crippen molar-refractivity contribution in [2.45, 2.75) is 53.4 Å². The molecule has 0 aromatic carbocycles. The standard InChI is InChI=1S/2C7H14O3.H2O2/c2*1-3-5-9-7(8)10-6-4-2;1-2/h2*3-6H2,1-2H3;1-2H. The van der Waals surface area contributed by atoms with Gasteiger partial charge in [0.25, 0.3) is 0 Å². The summed E-state index contributed by atoms with van der Waals surface area (Å²) >= 11 is 0. The van der Waals surface area contributed by atoms with Crippen LogP contribution in [0.25, 0.3) is 0 Å². The molecule has 134 valence electrons. The Morgan fingerprint density at radius 2 is 0.773 bits per heavy atom. The molecule has 0 aliphatic rings. The highest BCUT2D eigenvalue weighted by atomic mass is 17.0. The van der Waals surface area contributed by atoms with Crippen LogP contribution in [0.4, 0.5) is 9.59 Å². The van der Waals surface area contributed by atoms with Crippen molar-refractivity contribution in [2.75, 3.05) is 26.4 Å². The summed E-state index contributed by atoms with van der Waals surface area (Å²) in [6, 6.07) is 0. The van der Waals surface area contributed by atoms with Gasteiger partial charge < -0.3 is 18.9 Å².